The lowest BCUT2D eigenvalue weighted by Crippen LogP contribution is -2.53. The molecule has 2 atom stereocenters. The summed E-state index contributed by atoms with van der Waals surface area (Å²) in [6.45, 7) is 28.4. The maximum atomic E-state index is 11.7. The summed E-state index contributed by atoms with van der Waals surface area (Å²) < 4.78 is 6.66. The molecule has 5 rings (SSSR count). The molecule has 0 aromatic heterocycles. The van der Waals surface area contributed by atoms with Crippen molar-refractivity contribution in [2.24, 2.45) is 33.7 Å². The topological polar surface area (TPSA) is 136 Å². The zero-order valence-electron chi connectivity index (χ0n) is 40.9. The van der Waals surface area contributed by atoms with Crippen LogP contribution in [-0.2, 0) is 4.74 Å². The lowest BCUT2D eigenvalue weighted by atomic mass is 9.72. The van der Waals surface area contributed by atoms with Gasteiger partial charge >= 0.3 is 5.97 Å². The Labute approximate surface area is 385 Å². The number of aryl methyl sites for hydroxylation is 2. The molecule has 2 saturated carbocycles. The fourth-order valence-corrected chi connectivity index (χ4v) is 8.63. The molecule has 1 aliphatic heterocycles. The van der Waals surface area contributed by atoms with Crippen molar-refractivity contribution in [3.8, 4) is 0 Å². The van der Waals surface area contributed by atoms with Gasteiger partial charge in [-0.05, 0) is 149 Å². The van der Waals surface area contributed by atoms with E-state index in [1.165, 1.54) is 61.9 Å². The zero-order chi connectivity index (χ0) is 47.1. The summed E-state index contributed by atoms with van der Waals surface area (Å²) in [6, 6.07) is 11.7. The Hall–Kier alpha value is -4.61. The monoisotopic (exact) mass is 879 g/mol. The molecule has 2 aromatic carbocycles. The lowest BCUT2D eigenvalue weighted by molar-refractivity contribution is -0.319. The van der Waals surface area contributed by atoms with Crippen LogP contribution in [-0.4, -0.2) is 51.8 Å². The summed E-state index contributed by atoms with van der Waals surface area (Å²) in [7, 11) is 0. The summed E-state index contributed by atoms with van der Waals surface area (Å²) in [4.78, 5) is 20.3. The Bertz CT molecular complexity index is 2070. The largest absolute Gasteiger partial charge is 0.478 e. The molecule has 5 N–H and O–H groups in total. The van der Waals surface area contributed by atoms with Crippen molar-refractivity contribution in [1.29, 1.82) is 0 Å². The van der Waals surface area contributed by atoms with E-state index in [2.05, 4.69) is 97.8 Å². The second-order valence-electron chi connectivity index (χ2n) is 19.1. The van der Waals surface area contributed by atoms with Gasteiger partial charge in [0, 0.05) is 30.3 Å². The van der Waals surface area contributed by atoms with Crippen LogP contribution in [0.1, 0.15) is 160 Å². The zero-order valence-corrected chi connectivity index (χ0v) is 40.9. The molecule has 10 nitrogen and oxygen atoms in total. The van der Waals surface area contributed by atoms with E-state index in [1.54, 1.807) is 11.6 Å². The van der Waals surface area contributed by atoms with Crippen LogP contribution in [0.5, 0.6) is 0 Å². The molecule has 1 heterocycles. The van der Waals surface area contributed by atoms with Crippen LogP contribution in [0, 0.1) is 37.5 Å². The van der Waals surface area contributed by atoms with Gasteiger partial charge in [-0.15, -0.1) is 15.8 Å². The number of hydrogen-bond donors (Lipinski definition) is 5. The molecular formula is C54H80N5O5+. The van der Waals surface area contributed by atoms with Crippen LogP contribution in [0.3, 0.4) is 0 Å². The molecule has 10 heteroatoms. The molecule has 1 saturated heterocycles. The molecule has 2 aliphatic carbocycles. The number of carbonyl (C=O) groups is 1. The number of nitrogens with one attached hydrogen (secondary N) is 2. The standard InChI is InChI=1S/C50H69N5O5.C4H10/c1-10-12-26-44(54-55(58,59)41-24-17-22-39(30-41)50(56)57)53-45(29-36(9)47-34(7)18-15-19-35(47)8)60-31-40-23-13-14-25-43(51-40)42(11-2)52-49(33(5)6)48(38-27-28-38)46(32(3)4)37-20-16-21-37;1-4(2)3/h11,15,17-19,22,24,26,29-30,32,37-38,40,43,51,54,58-59H,5,10,12-14,16,20-21,23,25,27-28,31H2,1-4,6-9H3;4H,1-3H3/p+1/b36-29+,42-11-,44-26-,48-46-,52-49+,53-45+;. The van der Waals surface area contributed by atoms with E-state index in [1.807, 2.05) is 26.0 Å². The maximum absolute atomic E-state index is 11.7. The van der Waals surface area contributed by atoms with Crippen LogP contribution >= 0.6 is 0 Å². The van der Waals surface area contributed by atoms with Crippen molar-refractivity contribution in [3.63, 3.8) is 0 Å². The molecule has 0 bridgehead atoms. The Morgan fingerprint density at radius 3 is 2.12 bits per heavy atom. The number of hydrogen-bond acceptors (Lipinski definition) is 8. The number of nitrogens with zero attached hydrogens (tertiary/aromatic N) is 3. The SMILES string of the molecule is C=C(C)C(=N\C(=C/C)C1CCCCC(COC(/C=C(\C)c2c(C)cccc2C)=N/C(=C/CCC)N[N+](O)(O)c2cccc(C(=O)O)c2)N1)/C(=C(/C(C)C)C1CCC1)C1CC1.CC(C)C. The highest BCUT2D eigenvalue weighted by atomic mass is 16.9. The number of carboxylic acid groups (broad SMARTS) is 1. The van der Waals surface area contributed by atoms with Gasteiger partial charge < -0.3 is 15.2 Å². The summed E-state index contributed by atoms with van der Waals surface area (Å²) in [5.74, 6) is 1.82. The molecule has 3 fully saturated rings. The first-order chi connectivity index (χ1) is 30.4. The summed E-state index contributed by atoms with van der Waals surface area (Å²) in [5.41, 5.74) is 13.0. The Kier molecular flexibility index (Phi) is 20.0. The third kappa shape index (κ3) is 15.3. The highest BCUT2D eigenvalue weighted by Gasteiger charge is 2.37. The van der Waals surface area contributed by atoms with Crippen molar-refractivity contribution in [3.05, 3.63) is 118 Å². The van der Waals surface area contributed by atoms with Crippen molar-refractivity contribution in [1.82, 2.24) is 15.7 Å². The van der Waals surface area contributed by atoms with E-state index < -0.39 is 10.9 Å². The number of benzene rings is 2. The lowest BCUT2D eigenvalue weighted by Gasteiger charge is -2.34. The Morgan fingerprint density at radius 2 is 1.58 bits per heavy atom. The van der Waals surface area contributed by atoms with E-state index in [0.29, 0.717) is 36.7 Å². The van der Waals surface area contributed by atoms with Crippen LogP contribution in [0.25, 0.3) is 5.57 Å². The number of aliphatic imine (C=N–C) groups is 2. The van der Waals surface area contributed by atoms with E-state index >= 15 is 0 Å². The van der Waals surface area contributed by atoms with E-state index in [-0.39, 0.29) is 29.2 Å². The quantitative estimate of drug-likeness (QED) is 0.0435. The normalized spacial score (nSPS) is 20.0. The van der Waals surface area contributed by atoms with Crippen LogP contribution < -0.4 is 15.7 Å². The summed E-state index contributed by atoms with van der Waals surface area (Å²) in [5, 5.41) is 35.9. The molecular weight excluding hydrogens is 799 g/mol. The first-order valence-corrected chi connectivity index (χ1v) is 23.9. The number of unbranched alkanes of at least 4 members (excludes halogenated alkanes) is 1. The first-order valence-electron chi connectivity index (χ1n) is 23.9. The van der Waals surface area contributed by atoms with Gasteiger partial charge in [0.15, 0.2) is 5.82 Å². The van der Waals surface area contributed by atoms with E-state index in [9.17, 15) is 20.3 Å². The predicted octanol–water partition coefficient (Wildman–Crippen LogP) is 13.4. The summed E-state index contributed by atoms with van der Waals surface area (Å²) in [6.07, 6.45) is 17.5. The molecule has 0 amide bonds. The van der Waals surface area contributed by atoms with Gasteiger partial charge in [-0.3, -0.25) is 4.99 Å². The Morgan fingerprint density at radius 1 is 0.938 bits per heavy atom. The fourth-order valence-electron chi connectivity index (χ4n) is 8.63. The van der Waals surface area contributed by atoms with Crippen LogP contribution in [0.2, 0.25) is 0 Å². The summed E-state index contributed by atoms with van der Waals surface area (Å²) >= 11 is 0. The van der Waals surface area contributed by atoms with Crippen molar-refractivity contribution >= 4 is 28.8 Å². The molecule has 2 aromatic rings. The number of rotatable bonds is 18. The number of ether oxygens (including phenoxy) is 1. The molecule has 3 aliphatic rings. The number of carboxylic acids is 1. The van der Waals surface area contributed by atoms with Gasteiger partial charge in [0.1, 0.15) is 6.61 Å². The second-order valence-corrected chi connectivity index (χ2v) is 19.1. The third-order valence-electron chi connectivity index (χ3n) is 12.0. The van der Waals surface area contributed by atoms with Gasteiger partial charge in [0.2, 0.25) is 11.6 Å². The highest BCUT2D eigenvalue weighted by Crippen LogP contribution is 2.47. The maximum Gasteiger partial charge on any atom is 0.335 e. The number of aromatic carboxylic acids is 1. The minimum atomic E-state index is -1.81. The van der Waals surface area contributed by atoms with Crippen molar-refractivity contribution in [2.75, 3.05) is 6.61 Å². The predicted molar refractivity (Wildman–Crippen MR) is 265 cm³/mol. The van der Waals surface area contributed by atoms with Gasteiger partial charge in [-0.25, -0.2) is 4.79 Å². The van der Waals surface area contributed by atoms with Gasteiger partial charge in [0.25, 0.3) is 0 Å². The number of allylic oxidation sites excluding steroid dienone is 6. The first kappa shape index (κ1) is 52.0. The fraction of sp³-hybridized carbons (Fsp3) is 0.537. The molecule has 2 unspecified atom stereocenters. The van der Waals surface area contributed by atoms with E-state index in [4.69, 9.17) is 14.7 Å². The molecule has 350 valence electrons. The Balaban J connectivity index is 0.00000215. The second kappa shape index (κ2) is 24.6. The average molecular weight is 879 g/mol. The van der Waals surface area contributed by atoms with Gasteiger partial charge in [-0.2, -0.15) is 4.99 Å². The van der Waals surface area contributed by atoms with Crippen molar-refractivity contribution in [2.45, 2.75) is 159 Å². The van der Waals surface area contributed by atoms with Gasteiger partial charge in [-0.1, -0.05) is 110 Å². The van der Waals surface area contributed by atoms with Crippen LogP contribution in [0.15, 0.2) is 105 Å². The van der Waals surface area contributed by atoms with Crippen molar-refractivity contribution < 1.29 is 25.1 Å². The minimum absolute atomic E-state index is 0.00461. The van der Waals surface area contributed by atoms with Crippen LogP contribution in [0.4, 0.5) is 5.69 Å². The van der Waals surface area contributed by atoms with Gasteiger partial charge in [0.05, 0.1) is 21.9 Å². The number of quaternary nitrogens is 1. The molecule has 64 heavy (non-hydrogen) atoms. The minimum Gasteiger partial charge on any atom is -0.478 e. The highest BCUT2D eigenvalue weighted by molar-refractivity contribution is 6.13. The van der Waals surface area contributed by atoms with E-state index in [0.717, 1.165) is 77.3 Å². The third-order valence-corrected chi connectivity index (χ3v) is 12.0. The molecule has 0 spiro atoms. The smallest absolute Gasteiger partial charge is 0.335 e. The molecule has 0 radical (unpaired) electrons. The average Bonchev–Trinajstić information content (AvgIpc) is 4.07.